The summed E-state index contributed by atoms with van der Waals surface area (Å²) in [4.78, 5) is 15.1. The van der Waals surface area contributed by atoms with Crippen molar-refractivity contribution < 1.29 is 42.1 Å². The summed E-state index contributed by atoms with van der Waals surface area (Å²) in [6.07, 6.45) is 0. The average Bonchev–Trinajstić information content (AvgIpc) is 3.39. The monoisotopic (exact) mass is 615 g/mol. The maximum absolute atomic E-state index is 14.4. The highest BCUT2D eigenvalue weighted by atomic mass is 32.1. The summed E-state index contributed by atoms with van der Waals surface area (Å²) in [6.45, 7) is 3.81. The number of carbonyl (C=O) groups excluding carboxylic acids is 1. The first-order valence-corrected chi connectivity index (χ1v) is 15.4. The minimum atomic E-state index is -3.69. The number of anilines is 1. The number of benzene rings is 3. The first kappa shape index (κ1) is 31.2. The van der Waals surface area contributed by atoms with Crippen molar-refractivity contribution >= 4 is 40.6 Å². The van der Waals surface area contributed by atoms with Crippen molar-refractivity contribution in [1.82, 2.24) is 0 Å². The van der Waals surface area contributed by atoms with Crippen molar-refractivity contribution in [2.45, 2.75) is 13.8 Å². The predicted molar refractivity (Wildman–Crippen MR) is 164 cm³/mol. The van der Waals surface area contributed by atoms with Gasteiger partial charge in [-0.2, -0.15) is 0 Å². The number of thiophene rings is 1. The first-order chi connectivity index (χ1) is 20.3. The second-order valence-corrected chi connectivity index (χ2v) is 11.5. The number of rotatable bonds is 14. The van der Waals surface area contributed by atoms with Gasteiger partial charge < -0.3 is 23.7 Å². The zero-order valence-corrected chi connectivity index (χ0v) is 26.3. The fraction of sp³-hybridized carbons (Fsp3) is 0.300. The Morgan fingerprint density at radius 2 is 1.40 bits per heavy atom. The standard InChI is InChI=1S/C30H34NO9PS/c1-8-39-41(33,40-9-2)31-20-15-18(13-14-21(20)34-3)30-27(26-22(35-4)11-10-12-25(26)42-30)28(32)19-16-23(36-5)29(38-7)24(17-19)37-6/h10-17H,8-9H2,1-7H3,(H,31,33). The lowest BCUT2D eigenvalue weighted by Crippen LogP contribution is -2.07. The van der Waals surface area contributed by atoms with E-state index in [9.17, 15) is 9.36 Å². The van der Waals surface area contributed by atoms with Crippen LogP contribution < -0.4 is 28.8 Å². The van der Waals surface area contributed by atoms with E-state index in [1.807, 2.05) is 24.3 Å². The molecule has 0 saturated carbocycles. The third-order valence-electron chi connectivity index (χ3n) is 6.37. The van der Waals surface area contributed by atoms with E-state index in [1.165, 1.54) is 39.8 Å². The summed E-state index contributed by atoms with van der Waals surface area (Å²) < 4.78 is 52.8. The van der Waals surface area contributed by atoms with E-state index in [1.54, 1.807) is 45.2 Å². The van der Waals surface area contributed by atoms with Gasteiger partial charge in [-0.05, 0) is 61.9 Å². The van der Waals surface area contributed by atoms with Gasteiger partial charge in [-0.1, -0.05) is 6.07 Å². The summed E-state index contributed by atoms with van der Waals surface area (Å²) >= 11 is 1.43. The molecule has 0 aliphatic heterocycles. The molecule has 10 nitrogen and oxygen atoms in total. The third kappa shape index (κ3) is 6.05. The van der Waals surface area contributed by atoms with Gasteiger partial charge in [-0.25, -0.2) is 4.57 Å². The Hall–Kier alpha value is -3.76. The Balaban J connectivity index is 1.96. The van der Waals surface area contributed by atoms with Crippen molar-refractivity contribution in [3.63, 3.8) is 0 Å². The van der Waals surface area contributed by atoms with Crippen molar-refractivity contribution in [3.05, 3.63) is 59.7 Å². The highest BCUT2D eigenvalue weighted by Crippen LogP contribution is 2.51. The molecule has 0 aliphatic carbocycles. The van der Waals surface area contributed by atoms with Gasteiger partial charge in [0.05, 0.1) is 60.0 Å². The molecule has 1 N–H and O–H groups in total. The van der Waals surface area contributed by atoms with E-state index in [0.29, 0.717) is 61.4 Å². The van der Waals surface area contributed by atoms with Gasteiger partial charge in [0, 0.05) is 20.5 Å². The molecule has 4 aromatic rings. The average molecular weight is 616 g/mol. The van der Waals surface area contributed by atoms with Crippen LogP contribution in [0.5, 0.6) is 28.7 Å². The second-order valence-electron chi connectivity index (χ2n) is 8.74. The van der Waals surface area contributed by atoms with Crippen LogP contribution in [0.2, 0.25) is 0 Å². The van der Waals surface area contributed by atoms with Crippen molar-refractivity contribution in [1.29, 1.82) is 0 Å². The Bertz CT molecular complexity index is 1600. The Morgan fingerprint density at radius 3 is 1.95 bits per heavy atom. The topological polar surface area (TPSA) is 111 Å². The lowest BCUT2D eigenvalue weighted by atomic mass is 9.96. The fourth-order valence-electron chi connectivity index (χ4n) is 4.59. The largest absolute Gasteiger partial charge is 0.496 e. The van der Waals surface area contributed by atoms with E-state index in [2.05, 4.69) is 5.09 Å². The number of hydrogen-bond acceptors (Lipinski definition) is 10. The van der Waals surface area contributed by atoms with Gasteiger partial charge in [0.25, 0.3) is 0 Å². The lowest BCUT2D eigenvalue weighted by molar-refractivity contribution is 0.104. The van der Waals surface area contributed by atoms with Crippen LogP contribution in [0.25, 0.3) is 20.5 Å². The molecule has 0 amide bonds. The summed E-state index contributed by atoms with van der Waals surface area (Å²) in [5.74, 6) is 1.78. The Labute approximate surface area is 249 Å². The van der Waals surface area contributed by atoms with Crippen molar-refractivity contribution in [2.75, 3.05) is 53.9 Å². The number of ketones is 1. The molecule has 0 atom stereocenters. The van der Waals surface area contributed by atoms with Crippen LogP contribution in [0.4, 0.5) is 5.69 Å². The maximum Gasteiger partial charge on any atom is 0.432 e. The van der Waals surface area contributed by atoms with Gasteiger partial charge >= 0.3 is 7.75 Å². The van der Waals surface area contributed by atoms with E-state index < -0.39 is 7.75 Å². The zero-order valence-electron chi connectivity index (χ0n) is 24.6. The molecule has 42 heavy (non-hydrogen) atoms. The summed E-state index contributed by atoms with van der Waals surface area (Å²) in [5, 5.41) is 3.57. The molecule has 1 heterocycles. The summed E-state index contributed by atoms with van der Waals surface area (Å²) in [7, 11) is 3.87. The van der Waals surface area contributed by atoms with Crippen LogP contribution in [0, 0.1) is 0 Å². The first-order valence-electron chi connectivity index (χ1n) is 13.1. The second kappa shape index (κ2) is 13.5. The number of nitrogens with one attached hydrogen (secondary N) is 1. The highest BCUT2D eigenvalue weighted by molar-refractivity contribution is 7.55. The van der Waals surface area contributed by atoms with Gasteiger partial charge in [-0.3, -0.25) is 18.9 Å². The normalized spacial score (nSPS) is 11.3. The number of fused-ring (bicyclic) bond motifs is 1. The molecular formula is C30H34NO9PS. The van der Waals surface area contributed by atoms with Gasteiger partial charge in [0.15, 0.2) is 17.3 Å². The van der Waals surface area contributed by atoms with Crippen LogP contribution in [0.15, 0.2) is 48.5 Å². The van der Waals surface area contributed by atoms with Crippen molar-refractivity contribution in [2.24, 2.45) is 0 Å². The minimum absolute atomic E-state index is 0.176. The number of ether oxygens (including phenoxy) is 5. The summed E-state index contributed by atoms with van der Waals surface area (Å²) in [5.41, 5.74) is 1.82. The number of methoxy groups -OCH3 is 5. The predicted octanol–water partition coefficient (Wildman–Crippen LogP) is 7.44. The molecule has 0 fully saturated rings. The molecular weight excluding hydrogens is 581 g/mol. The molecule has 12 heteroatoms. The SMILES string of the molecule is CCOP(=O)(Nc1cc(-c2sc3cccc(OC)c3c2C(=O)c2cc(OC)c(OC)c(OC)c2)ccc1OC)OCC. The Kier molecular flexibility index (Phi) is 10.0. The molecule has 0 saturated heterocycles. The van der Waals surface area contributed by atoms with Crippen molar-refractivity contribution in [3.8, 4) is 39.2 Å². The molecule has 0 bridgehead atoms. The van der Waals surface area contributed by atoms with Gasteiger partial charge in [-0.15, -0.1) is 11.3 Å². The van der Waals surface area contributed by atoms with Crippen LogP contribution >= 0.6 is 19.1 Å². The van der Waals surface area contributed by atoms with E-state index in [4.69, 9.17) is 32.7 Å². The van der Waals surface area contributed by atoms with E-state index in [0.717, 1.165) is 4.70 Å². The van der Waals surface area contributed by atoms with E-state index in [-0.39, 0.29) is 19.0 Å². The molecule has 1 aromatic heterocycles. The maximum atomic E-state index is 14.4. The van der Waals surface area contributed by atoms with Crippen LogP contribution in [0.3, 0.4) is 0 Å². The fourth-order valence-corrected chi connectivity index (χ4v) is 7.16. The number of hydrogen-bond donors (Lipinski definition) is 1. The molecule has 0 radical (unpaired) electrons. The molecule has 224 valence electrons. The minimum Gasteiger partial charge on any atom is -0.496 e. The van der Waals surface area contributed by atoms with Gasteiger partial charge in [0.2, 0.25) is 5.75 Å². The smallest absolute Gasteiger partial charge is 0.432 e. The quantitative estimate of drug-likeness (QED) is 0.114. The lowest BCUT2D eigenvalue weighted by Gasteiger charge is -2.20. The van der Waals surface area contributed by atoms with Crippen LogP contribution in [0.1, 0.15) is 29.8 Å². The molecule has 0 aliphatic rings. The third-order valence-corrected chi connectivity index (χ3v) is 9.28. The molecule has 3 aromatic carbocycles. The number of carbonyl (C=O) groups is 1. The molecule has 4 rings (SSSR count). The zero-order chi connectivity index (χ0) is 30.4. The highest BCUT2D eigenvalue weighted by Gasteiger charge is 2.29. The van der Waals surface area contributed by atoms with Crippen LogP contribution in [-0.2, 0) is 13.6 Å². The molecule has 0 unspecified atom stereocenters. The summed E-state index contributed by atoms with van der Waals surface area (Å²) in [6, 6.07) is 14.2. The van der Waals surface area contributed by atoms with Gasteiger partial charge in [0.1, 0.15) is 11.5 Å². The van der Waals surface area contributed by atoms with E-state index >= 15 is 0 Å². The van der Waals surface area contributed by atoms with Crippen LogP contribution in [-0.4, -0.2) is 54.5 Å². The Morgan fingerprint density at radius 1 is 0.786 bits per heavy atom. The molecule has 0 spiro atoms.